The number of amides is 4. The van der Waals surface area contributed by atoms with E-state index in [1.807, 2.05) is 51.5 Å². The Bertz CT molecular complexity index is 2880. The van der Waals surface area contributed by atoms with Gasteiger partial charge in [0, 0.05) is 53.1 Å². The van der Waals surface area contributed by atoms with E-state index in [9.17, 15) is 35.9 Å². The molecule has 0 fully saturated rings. The van der Waals surface area contributed by atoms with Crippen molar-refractivity contribution in [3.05, 3.63) is 108 Å². The number of benzene rings is 2. The smallest absolute Gasteiger partial charge is 0.389 e. The van der Waals surface area contributed by atoms with Crippen LogP contribution in [0.4, 0.5) is 47.3 Å². The first kappa shape index (κ1) is 44.0. The average Bonchev–Trinajstić information content (AvgIpc) is 4.08. The second kappa shape index (κ2) is 18.9. The number of urea groups is 2. The number of nitrogens with zero attached hydrogens (tertiary/aromatic N) is 8. The van der Waals surface area contributed by atoms with Crippen LogP contribution in [0.2, 0.25) is 0 Å². The van der Waals surface area contributed by atoms with Gasteiger partial charge in [-0.1, -0.05) is 46.9 Å². The van der Waals surface area contributed by atoms with Gasteiger partial charge in [0.05, 0.1) is 37.0 Å². The number of carbonyl (C=O) groups is 2. The van der Waals surface area contributed by atoms with Crippen LogP contribution in [0.15, 0.2) is 97.6 Å². The molecule has 4 amide bonds. The number of hydrogen-bond acceptors (Lipinski definition) is 12. The molecular formula is C39H32F6N12O4S2. The molecule has 63 heavy (non-hydrogen) atoms. The van der Waals surface area contributed by atoms with Gasteiger partial charge < -0.3 is 31.1 Å². The normalized spacial score (nSPS) is 11.6. The molecule has 5 N–H and O–H groups in total. The third kappa shape index (κ3) is 11.5. The Morgan fingerprint density at radius 1 is 0.651 bits per heavy atom. The van der Waals surface area contributed by atoms with E-state index in [1.54, 1.807) is 72.6 Å². The van der Waals surface area contributed by atoms with Crippen molar-refractivity contribution in [2.45, 2.75) is 25.6 Å². The number of ether oxygens (including phenoxy) is 1. The van der Waals surface area contributed by atoms with Crippen LogP contribution < -0.4 is 21.3 Å². The molecule has 0 saturated carbocycles. The zero-order chi connectivity index (χ0) is 44.7. The Morgan fingerprint density at radius 2 is 1.11 bits per heavy atom. The number of anilines is 2. The zero-order valence-electron chi connectivity index (χ0n) is 32.4. The summed E-state index contributed by atoms with van der Waals surface area (Å²) in [4.78, 5) is 32.3. The van der Waals surface area contributed by atoms with Crippen molar-refractivity contribution in [2.75, 3.05) is 30.8 Å². The number of imidazole rings is 2. The number of nitrogens with one attached hydrogen (secondary N) is 4. The Balaban J connectivity index is 0.000000189. The van der Waals surface area contributed by atoms with Crippen LogP contribution in [-0.4, -0.2) is 88.9 Å². The molecular weight excluding hydrogens is 879 g/mol. The van der Waals surface area contributed by atoms with Crippen molar-refractivity contribution < 1.29 is 45.8 Å². The molecule has 0 radical (unpaired) electrons. The van der Waals surface area contributed by atoms with E-state index in [0.717, 1.165) is 38.1 Å². The van der Waals surface area contributed by atoms with Crippen LogP contribution in [0, 0.1) is 0 Å². The third-order valence-corrected chi connectivity index (χ3v) is 10.5. The highest BCUT2D eigenvalue weighted by Gasteiger charge is 2.28. The molecule has 0 aliphatic heterocycles. The molecule has 6 aromatic heterocycles. The summed E-state index contributed by atoms with van der Waals surface area (Å²) in [7, 11) is 1.60. The monoisotopic (exact) mass is 910 g/mol. The molecule has 16 nitrogen and oxygen atoms in total. The van der Waals surface area contributed by atoms with E-state index >= 15 is 0 Å². The number of aliphatic hydroxyl groups is 1. The maximum atomic E-state index is 12.3. The van der Waals surface area contributed by atoms with Gasteiger partial charge >= 0.3 is 24.4 Å². The summed E-state index contributed by atoms with van der Waals surface area (Å²) in [6.07, 6.45) is -1.97. The van der Waals surface area contributed by atoms with Gasteiger partial charge in [-0.25, -0.2) is 19.6 Å². The Hall–Kier alpha value is -7.02. The highest BCUT2D eigenvalue weighted by atomic mass is 32.1. The number of fused-ring (bicyclic) bond motifs is 2. The van der Waals surface area contributed by atoms with E-state index < -0.39 is 37.5 Å². The molecule has 2 aromatic carbocycles. The third-order valence-electron chi connectivity index (χ3n) is 8.59. The van der Waals surface area contributed by atoms with Crippen molar-refractivity contribution in [3.8, 4) is 43.7 Å². The fourth-order valence-corrected chi connectivity index (χ4v) is 7.37. The molecule has 6 heterocycles. The van der Waals surface area contributed by atoms with Crippen molar-refractivity contribution in [1.82, 2.24) is 49.8 Å². The van der Waals surface area contributed by atoms with Gasteiger partial charge in [-0.05, 0) is 48.5 Å². The molecule has 0 spiro atoms. The number of alkyl halides is 6. The number of hydrogen-bond donors (Lipinski definition) is 5. The Kier molecular flexibility index (Phi) is 13.2. The number of halogens is 6. The highest BCUT2D eigenvalue weighted by Crippen LogP contribution is 2.30. The lowest BCUT2D eigenvalue weighted by atomic mass is 10.1. The SMILES string of the molecule is COCc1nnc(-c2ccn3c(-c4cccc(NC(=O)NCC(F)(F)F)c4)cnc3c2)s1.O=C(NCC(F)(F)F)Nc1cccc(-c2cnc3cc(-c4nnc(CO)s4)ccn23)c1. The summed E-state index contributed by atoms with van der Waals surface area (Å²) >= 11 is 2.72. The first-order valence-corrected chi connectivity index (χ1v) is 19.9. The maximum Gasteiger partial charge on any atom is 0.405 e. The van der Waals surface area contributed by atoms with E-state index in [1.165, 1.54) is 22.7 Å². The number of aliphatic hydroxyl groups excluding tert-OH is 1. The van der Waals surface area contributed by atoms with Gasteiger partial charge in [0.1, 0.15) is 44.4 Å². The van der Waals surface area contributed by atoms with Crippen molar-refractivity contribution in [1.29, 1.82) is 0 Å². The molecule has 0 unspecified atom stereocenters. The topological polar surface area (TPSA) is 198 Å². The summed E-state index contributed by atoms with van der Waals surface area (Å²) in [6, 6.07) is 19.0. The number of methoxy groups -OCH3 is 1. The summed E-state index contributed by atoms with van der Waals surface area (Å²) in [5.41, 5.74) is 6.63. The van der Waals surface area contributed by atoms with Crippen LogP contribution in [0.25, 0.3) is 55.0 Å². The van der Waals surface area contributed by atoms with Gasteiger partial charge in [0.25, 0.3) is 0 Å². The predicted octanol–water partition coefficient (Wildman–Crippen LogP) is 8.05. The molecule has 0 atom stereocenters. The minimum absolute atomic E-state index is 0.175. The highest BCUT2D eigenvalue weighted by molar-refractivity contribution is 7.15. The maximum absolute atomic E-state index is 12.3. The van der Waals surface area contributed by atoms with Crippen molar-refractivity contribution in [2.24, 2.45) is 0 Å². The lowest BCUT2D eigenvalue weighted by Crippen LogP contribution is -2.36. The molecule has 8 rings (SSSR count). The lowest BCUT2D eigenvalue weighted by Gasteiger charge is -2.10. The fourth-order valence-electron chi connectivity index (χ4n) is 5.86. The summed E-state index contributed by atoms with van der Waals surface area (Å²) in [5, 5.41) is 36.4. The minimum atomic E-state index is -4.48. The molecule has 0 aliphatic carbocycles. The van der Waals surface area contributed by atoms with Crippen LogP contribution in [0.1, 0.15) is 10.0 Å². The molecule has 8 aromatic rings. The van der Waals surface area contributed by atoms with Gasteiger partial charge in [0.2, 0.25) is 0 Å². The van der Waals surface area contributed by atoms with Crippen LogP contribution in [-0.2, 0) is 18.0 Å². The van der Waals surface area contributed by atoms with Gasteiger partial charge in [-0.15, -0.1) is 20.4 Å². The van der Waals surface area contributed by atoms with Crippen LogP contribution >= 0.6 is 22.7 Å². The second-order valence-corrected chi connectivity index (χ2v) is 15.3. The largest absolute Gasteiger partial charge is 0.405 e. The zero-order valence-corrected chi connectivity index (χ0v) is 34.0. The van der Waals surface area contributed by atoms with E-state index in [0.29, 0.717) is 44.9 Å². The number of aromatic nitrogens is 8. The fraction of sp³-hybridized carbons (Fsp3) is 0.179. The molecule has 0 aliphatic rings. The van der Waals surface area contributed by atoms with Gasteiger partial charge in [0.15, 0.2) is 0 Å². The lowest BCUT2D eigenvalue weighted by molar-refractivity contribution is -0.123. The van der Waals surface area contributed by atoms with Crippen molar-refractivity contribution >= 4 is 57.4 Å². The number of rotatable bonds is 11. The van der Waals surface area contributed by atoms with Gasteiger partial charge in [-0.3, -0.25) is 8.80 Å². The first-order valence-electron chi connectivity index (χ1n) is 18.3. The summed E-state index contributed by atoms with van der Waals surface area (Å²) in [6.45, 7) is -2.60. The number of carbonyl (C=O) groups excluding carboxylic acids is 2. The quantitative estimate of drug-likeness (QED) is 0.0792. The van der Waals surface area contributed by atoms with Gasteiger partial charge in [-0.2, -0.15) is 26.3 Å². The first-order chi connectivity index (χ1) is 30.1. The van der Waals surface area contributed by atoms with Crippen LogP contribution in [0.5, 0.6) is 0 Å². The van der Waals surface area contributed by atoms with E-state index in [4.69, 9.17) is 9.84 Å². The van der Waals surface area contributed by atoms with E-state index in [2.05, 4.69) is 41.0 Å². The number of pyridine rings is 2. The standard InChI is InChI=1S/C20H17F3N6O2S.C19H15F3N6O2S/c1-31-10-17-27-28-18(32-17)13-5-6-29-15(9-24-16(29)8-13)12-3-2-4-14(7-12)26-19(30)25-11-20(21,22)23;20-19(21,22)10-24-18(30)25-13-3-1-2-11(6-13)14-8-23-15-7-12(4-5-28(14)15)17-27-26-16(9-29)31-17/h2-9H,10-11H2,1H3,(H2,25,26,30);1-8,29H,9-10H2,(H2,24,25,30). The summed E-state index contributed by atoms with van der Waals surface area (Å²) in [5.74, 6) is 0. The second-order valence-electron chi connectivity index (χ2n) is 13.2. The summed E-state index contributed by atoms with van der Waals surface area (Å²) < 4.78 is 82.3. The molecule has 24 heteroatoms. The predicted molar refractivity (Wildman–Crippen MR) is 222 cm³/mol. The van der Waals surface area contributed by atoms with Crippen molar-refractivity contribution in [3.63, 3.8) is 0 Å². The van der Waals surface area contributed by atoms with E-state index in [-0.39, 0.29) is 6.61 Å². The van der Waals surface area contributed by atoms with Crippen LogP contribution in [0.3, 0.4) is 0 Å². The molecule has 326 valence electrons. The Morgan fingerprint density at radius 3 is 1.54 bits per heavy atom. The minimum Gasteiger partial charge on any atom is -0.389 e. The molecule has 0 saturated heterocycles. The Labute approximate surface area is 359 Å². The average molecular weight is 911 g/mol. The molecule has 0 bridgehead atoms.